The Morgan fingerprint density at radius 2 is 1.85 bits per heavy atom. The molecule has 2 unspecified atom stereocenters. The summed E-state index contributed by atoms with van der Waals surface area (Å²) in [5, 5.41) is 6.65. The molecule has 4 aromatic rings. The Labute approximate surface area is 246 Å². The zero-order valence-electron chi connectivity index (χ0n) is 21.4. The molecule has 40 heavy (non-hydrogen) atoms. The first-order chi connectivity index (χ1) is 19.3. The first-order valence-electron chi connectivity index (χ1n) is 13.2. The van der Waals surface area contributed by atoms with Crippen molar-refractivity contribution in [3.05, 3.63) is 87.2 Å². The van der Waals surface area contributed by atoms with Crippen molar-refractivity contribution >= 4 is 78.3 Å². The minimum atomic E-state index is -3.61. The largest absolute Gasteiger partial charge is 0.325 e. The van der Waals surface area contributed by atoms with Crippen molar-refractivity contribution in [2.24, 2.45) is 5.92 Å². The first kappa shape index (κ1) is 27.3. The molecule has 1 saturated carbocycles. The Bertz CT molecular complexity index is 1740. The molecule has 3 aromatic carbocycles. The van der Waals surface area contributed by atoms with Crippen molar-refractivity contribution in [1.29, 1.82) is 0 Å². The molecular weight excluding hydrogens is 587 g/mol. The highest BCUT2D eigenvalue weighted by Crippen LogP contribution is 2.42. The maximum atomic E-state index is 13.6. The van der Waals surface area contributed by atoms with Gasteiger partial charge >= 0.3 is 0 Å². The summed E-state index contributed by atoms with van der Waals surface area (Å²) in [4.78, 5) is 28.7. The molecule has 0 saturated heterocycles. The number of carbonyl (C=O) groups excluding carboxylic acids is 2. The minimum Gasteiger partial charge on any atom is -0.325 e. The van der Waals surface area contributed by atoms with Crippen LogP contribution in [0.25, 0.3) is 10.8 Å². The number of hydrogen-bond acceptors (Lipinski definition) is 5. The predicted molar refractivity (Wildman–Crippen MR) is 162 cm³/mol. The van der Waals surface area contributed by atoms with Crippen LogP contribution < -0.4 is 10.2 Å². The lowest BCUT2D eigenvalue weighted by atomic mass is 9.88. The average Bonchev–Trinajstić information content (AvgIpc) is 3.59. The van der Waals surface area contributed by atoms with Crippen LogP contribution in [-0.4, -0.2) is 32.0 Å². The lowest BCUT2D eigenvalue weighted by Gasteiger charge is -2.30. The lowest BCUT2D eigenvalue weighted by Crippen LogP contribution is -2.40. The highest BCUT2D eigenvalue weighted by atomic mass is 35.5. The van der Waals surface area contributed by atoms with E-state index in [0.717, 1.165) is 34.9 Å². The summed E-state index contributed by atoms with van der Waals surface area (Å²) in [5.41, 5.74) is 2.81. The standard InChI is InChI=1S/C30H26Cl2N2O4S2/c31-19-11-10-18(23(32)17-19)14-15-34-25-13-12-24(20-6-3-7-22(28(20)25)30(34)36)33-29(35)21-5-1-2-8-26(21)40(37,38)27-9-4-16-39-27/h3-4,6-7,9-13,16-17,21,26H,1-2,5,8,14-15H2,(H,33,35). The van der Waals surface area contributed by atoms with E-state index in [2.05, 4.69) is 5.32 Å². The number of sulfone groups is 1. The van der Waals surface area contributed by atoms with Gasteiger partial charge in [-0.3, -0.25) is 9.59 Å². The lowest BCUT2D eigenvalue weighted by molar-refractivity contribution is -0.120. The first-order valence-corrected chi connectivity index (χ1v) is 16.3. The van der Waals surface area contributed by atoms with Crippen molar-refractivity contribution in [3.63, 3.8) is 0 Å². The van der Waals surface area contributed by atoms with Gasteiger partial charge < -0.3 is 10.2 Å². The number of benzene rings is 3. The van der Waals surface area contributed by atoms with Crippen LogP contribution in [0, 0.1) is 5.92 Å². The number of halogens is 2. The summed E-state index contributed by atoms with van der Waals surface area (Å²) in [5.74, 6) is -1.06. The second-order valence-electron chi connectivity index (χ2n) is 10.2. The van der Waals surface area contributed by atoms with Gasteiger partial charge in [0.15, 0.2) is 9.84 Å². The van der Waals surface area contributed by atoms with E-state index in [-0.39, 0.29) is 11.8 Å². The van der Waals surface area contributed by atoms with Crippen LogP contribution in [0.5, 0.6) is 0 Å². The van der Waals surface area contributed by atoms with E-state index in [9.17, 15) is 18.0 Å². The van der Waals surface area contributed by atoms with E-state index in [1.54, 1.807) is 52.7 Å². The molecule has 1 fully saturated rings. The average molecular weight is 614 g/mol. The maximum Gasteiger partial charge on any atom is 0.259 e. The monoisotopic (exact) mass is 612 g/mol. The third-order valence-electron chi connectivity index (χ3n) is 7.88. The van der Waals surface area contributed by atoms with E-state index >= 15 is 0 Å². The molecule has 6 nitrogen and oxygen atoms in total. The van der Waals surface area contributed by atoms with Crippen molar-refractivity contribution in [2.45, 2.75) is 41.6 Å². The molecule has 1 aliphatic carbocycles. The third kappa shape index (κ3) is 4.81. The van der Waals surface area contributed by atoms with Gasteiger partial charge in [0.2, 0.25) is 5.91 Å². The number of anilines is 2. The van der Waals surface area contributed by atoms with Crippen molar-refractivity contribution < 1.29 is 18.0 Å². The summed E-state index contributed by atoms with van der Waals surface area (Å²) < 4.78 is 27.1. The van der Waals surface area contributed by atoms with Crippen molar-refractivity contribution in [3.8, 4) is 0 Å². The molecule has 0 bridgehead atoms. The molecule has 0 spiro atoms. The van der Waals surface area contributed by atoms with Gasteiger partial charge in [0.1, 0.15) is 4.21 Å². The number of thiophene rings is 1. The molecule has 6 rings (SSSR count). The Morgan fingerprint density at radius 3 is 2.62 bits per heavy atom. The fourth-order valence-electron chi connectivity index (χ4n) is 5.90. The smallest absolute Gasteiger partial charge is 0.259 e. The van der Waals surface area contributed by atoms with Gasteiger partial charge in [0.05, 0.1) is 16.9 Å². The number of amides is 2. The van der Waals surface area contributed by atoms with Crippen molar-refractivity contribution in [1.82, 2.24) is 0 Å². The Balaban J connectivity index is 1.27. The minimum absolute atomic E-state index is 0.108. The molecule has 1 aromatic heterocycles. The Hall–Kier alpha value is -2.91. The summed E-state index contributed by atoms with van der Waals surface area (Å²) in [6, 6.07) is 17.8. The van der Waals surface area contributed by atoms with Crippen LogP contribution in [0.2, 0.25) is 10.0 Å². The topological polar surface area (TPSA) is 83.6 Å². The molecule has 1 aliphatic heterocycles. The number of nitrogens with zero attached hydrogens (tertiary/aromatic N) is 1. The van der Waals surface area contributed by atoms with Gasteiger partial charge in [-0.05, 0) is 66.6 Å². The molecule has 2 aliphatic rings. The van der Waals surface area contributed by atoms with Crippen molar-refractivity contribution in [2.75, 3.05) is 16.8 Å². The number of rotatable bonds is 7. The van der Waals surface area contributed by atoms with Gasteiger partial charge in [-0.1, -0.05) is 60.3 Å². The van der Waals surface area contributed by atoms with Crippen LogP contribution in [0.3, 0.4) is 0 Å². The molecule has 1 N–H and O–H groups in total. The molecule has 206 valence electrons. The zero-order chi connectivity index (χ0) is 28.0. The molecule has 2 heterocycles. The van der Waals surface area contributed by atoms with E-state index < -0.39 is 21.0 Å². The van der Waals surface area contributed by atoms with Crippen LogP contribution in [0.15, 0.2) is 70.3 Å². The number of hydrogen-bond donors (Lipinski definition) is 1. The molecule has 10 heteroatoms. The summed E-state index contributed by atoms with van der Waals surface area (Å²) in [7, 11) is -3.61. The predicted octanol–water partition coefficient (Wildman–Crippen LogP) is 7.38. The van der Waals surface area contributed by atoms with Gasteiger partial charge in [0, 0.05) is 38.6 Å². The molecule has 0 radical (unpaired) electrons. The van der Waals surface area contributed by atoms with E-state index in [1.165, 1.54) is 11.3 Å². The Kier molecular flexibility index (Phi) is 7.38. The van der Waals surface area contributed by atoms with Crippen LogP contribution in [0.4, 0.5) is 11.4 Å². The van der Waals surface area contributed by atoms with Crippen LogP contribution in [-0.2, 0) is 21.1 Å². The summed E-state index contributed by atoms with van der Waals surface area (Å²) in [6.45, 7) is 0.431. The van der Waals surface area contributed by atoms with Crippen LogP contribution >= 0.6 is 34.5 Å². The molecule has 2 amide bonds. The highest BCUT2D eigenvalue weighted by molar-refractivity contribution is 7.94. The zero-order valence-corrected chi connectivity index (χ0v) is 24.5. The third-order valence-corrected chi connectivity index (χ3v) is 12.2. The fourth-order valence-corrected chi connectivity index (χ4v) is 9.66. The van der Waals surface area contributed by atoms with E-state index in [1.807, 2.05) is 18.2 Å². The SMILES string of the molecule is O=C(Nc1ccc2c3c(cccc13)C(=O)N2CCc1ccc(Cl)cc1Cl)C1CCCCC1S(=O)(=O)c1cccs1. The normalized spacial score (nSPS) is 18.9. The van der Waals surface area contributed by atoms with Crippen LogP contribution in [0.1, 0.15) is 41.6 Å². The maximum absolute atomic E-state index is 13.6. The Morgan fingerprint density at radius 1 is 1.02 bits per heavy atom. The quantitative estimate of drug-likeness (QED) is 0.236. The van der Waals surface area contributed by atoms with Gasteiger partial charge in [-0.2, -0.15) is 0 Å². The molecular formula is C30H26Cl2N2O4S2. The molecule has 2 atom stereocenters. The van der Waals surface area contributed by atoms with Gasteiger partial charge in [-0.25, -0.2) is 8.42 Å². The number of nitrogens with one attached hydrogen (secondary N) is 1. The summed E-state index contributed by atoms with van der Waals surface area (Å²) >= 11 is 13.6. The van der Waals surface area contributed by atoms with E-state index in [4.69, 9.17) is 23.2 Å². The fraction of sp³-hybridized carbons (Fsp3) is 0.267. The van der Waals surface area contributed by atoms with Gasteiger partial charge in [-0.15, -0.1) is 11.3 Å². The second-order valence-corrected chi connectivity index (χ2v) is 14.4. The second kappa shape index (κ2) is 10.8. The van der Waals surface area contributed by atoms with Gasteiger partial charge in [0.25, 0.3) is 5.91 Å². The summed E-state index contributed by atoms with van der Waals surface area (Å²) in [6.07, 6.45) is 3.11. The van der Waals surface area contributed by atoms with E-state index in [0.29, 0.717) is 51.3 Å². The highest BCUT2D eigenvalue weighted by Gasteiger charge is 2.41. The number of carbonyl (C=O) groups is 2.